The molecule has 0 saturated carbocycles. The van der Waals surface area contributed by atoms with E-state index in [2.05, 4.69) is 5.32 Å². The van der Waals surface area contributed by atoms with Crippen LogP contribution in [0.25, 0.3) is 0 Å². The van der Waals surface area contributed by atoms with Gasteiger partial charge < -0.3 is 15.2 Å². The highest BCUT2D eigenvalue weighted by atomic mass is 16.6. The summed E-state index contributed by atoms with van der Waals surface area (Å²) in [5, 5.41) is 22.7. The summed E-state index contributed by atoms with van der Waals surface area (Å²) in [7, 11) is 0. The Morgan fingerprint density at radius 2 is 1.95 bits per heavy atom. The normalized spacial score (nSPS) is 14.9. The molecule has 1 amide bonds. The first-order valence-electron chi connectivity index (χ1n) is 6.30. The van der Waals surface area contributed by atoms with Gasteiger partial charge in [-0.15, -0.1) is 0 Å². The van der Waals surface area contributed by atoms with E-state index >= 15 is 0 Å². The summed E-state index contributed by atoms with van der Waals surface area (Å²) in [4.78, 5) is 21.4. The number of carbonyl (C=O) groups is 1. The lowest BCUT2D eigenvalue weighted by atomic mass is 9.99. The summed E-state index contributed by atoms with van der Waals surface area (Å²) < 4.78 is 5.07. The summed E-state index contributed by atoms with van der Waals surface area (Å²) in [6, 6.07) is -0.694. The quantitative estimate of drug-likeness (QED) is 0.566. The van der Waals surface area contributed by atoms with Gasteiger partial charge in [-0.05, 0) is 33.1 Å². The molecular formula is C12H24N2O5. The molecule has 7 heteroatoms. The minimum absolute atomic E-state index is 0.182. The fraction of sp³-hybridized carbons (Fsp3) is 0.917. The number of aliphatic hydroxyl groups excluding tert-OH is 1. The van der Waals surface area contributed by atoms with Crippen LogP contribution < -0.4 is 5.32 Å². The molecule has 0 heterocycles. The van der Waals surface area contributed by atoms with E-state index in [-0.39, 0.29) is 5.92 Å². The predicted octanol–water partition coefficient (Wildman–Crippen LogP) is 1.56. The Kier molecular flexibility index (Phi) is 6.75. The van der Waals surface area contributed by atoms with Gasteiger partial charge in [-0.3, -0.25) is 10.1 Å². The largest absolute Gasteiger partial charge is 0.444 e. The van der Waals surface area contributed by atoms with Crippen molar-refractivity contribution >= 4 is 6.09 Å². The Bertz CT molecular complexity index is 312. The van der Waals surface area contributed by atoms with Crippen LogP contribution in [0.5, 0.6) is 0 Å². The average molecular weight is 276 g/mol. The van der Waals surface area contributed by atoms with Crippen molar-refractivity contribution in [1.82, 2.24) is 5.32 Å². The average Bonchev–Trinajstić information content (AvgIpc) is 2.11. The minimum Gasteiger partial charge on any atom is -0.444 e. The van der Waals surface area contributed by atoms with Crippen molar-refractivity contribution in [2.24, 2.45) is 5.92 Å². The molecule has 2 N–H and O–H groups in total. The van der Waals surface area contributed by atoms with Gasteiger partial charge in [0.05, 0.1) is 6.04 Å². The third-order valence-electron chi connectivity index (χ3n) is 2.23. The highest BCUT2D eigenvalue weighted by Crippen LogP contribution is 2.11. The first-order valence-corrected chi connectivity index (χ1v) is 6.30. The van der Waals surface area contributed by atoms with Crippen LogP contribution >= 0.6 is 0 Å². The van der Waals surface area contributed by atoms with Crippen molar-refractivity contribution < 1.29 is 19.6 Å². The second-order valence-electron chi connectivity index (χ2n) is 5.96. The zero-order valence-electron chi connectivity index (χ0n) is 12.2. The van der Waals surface area contributed by atoms with Crippen LogP contribution in [-0.2, 0) is 4.74 Å². The van der Waals surface area contributed by atoms with Crippen LogP contribution in [0.4, 0.5) is 4.79 Å². The number of nitrogens with one attached hydrogen (secondary N) is 1. The van der Waals surface area contributed by atoms with Gasteiger partial charge >= 0.3 is 6.09 Å². The molecule has 0 aliphatic rings. The molecule has 1 unspecified atom stereocenters. The number of amides is 1. The van der Waals surface area contributed by atoms with Crippen molar-refractivity contribution in [1.29, 1.82) is 0 Å². The number of aliphatic hydroxyl groups is 1. The third-order valence-corrected chi connectivity index (χ3v) is 2.23. The molecule has 0 rings (SSSR count). The number of nitrogens with zero attached hydrogens (tertiary/aromatic N) is 1. The summed E-state index contributed by atoms with van der Waals surface area (Å²) in [5.41, 5.74) is -0.652. The molecule has 19 heavy (non-hydrogen) atoms. The summed E-state index contributed by atoms with van der Waals surface area (Å²) in [6.45, 7) is 8.37. The van der Waals surface area contributed by atoms with E-state index in [0.29, 0.717) is 6.42 Å². The van der Waals surface area contributed by atoms with E-state index in [4.69, 9.17) is 4.74 Å². The Labute approximate surface area is 113 Å². The number of rotatable bonds is 6. The molecule has 0 aliphatic heterocycles. The number of hydrogen-bond donors (Lipinski definition) is 2. The molecule has 0 saturated heterocycles. The number of ether oxygens (including phenoxy) is 1. The second kappa shape index (κ2) is 7.28. The molecule has 0 aromatic heterocycles. The van der Waals surface area contributed by atoms with Crippen LogP contribution in [0.1, 0.15) is 41.0 Å². The maximum Gasteiger partial charge on any atom is 0.407 e. The Balaban J connectivity index is 4.58. The third kappa shape index (κ3) is 9.24. The summed E-state index contributed by atoms with van der Waals surface area (Å²) in [5.74, 6) is 0.182. The van der Waals surface area contributed by atoms with E-state index in [9.17, 15) is 20.0 Å². The van der Waals surface area contributed by atoms with Gasteiger partial charge in [0.1, 0.15) is 11.7 Å². The first-order chi connectivity index (χ1) is 8.51. The molecular weight excluding hydrogens is 252 g/mol. The maximum atomic E-state index is 11.6. The van der Waals surface area contributed by atoms with Crippen LogP contribution in [0.3, 0.4) is 0 Å². The number of carbonyl (C=O) groups excluding carboxylic acids is 1. The molecule has 0 bridgehead atoms. The lowest BCUT2D eigenvalue weighted by molar-refractivity contribution is -0.491. The second-order valence-corrected chi connectivity index (χ2v) is 5.96. The highest BCUT2D eigenvalue weighted by molar-refractivity contribution is 5.68. The number of alkyl carbamates (subject to hydrolysis) is 1. The summed E-state index contributed by atoms with van der Waals surface area (Å²) in [6.07, 6.45) is -1.47. The van der Waals surface area contributed by atoms with Crippen LogP contribution in [0.15, 0.2) is 0 Å². The summed E-state index contributed by atoms with van der Waals surface area (Å²) >= 11 is 0. The molecule has 0 radical (unpaired) electrons. The predicted molar refractivity (Wildman–Crippen MR) is 70.5 cm³/mol. The molecule has 2 atom stereocenters. The lowest BCUT2D eigenvalue weighted by Gasteiger charge is -2.26. The van der Waals surface area contributed by atoms with Crippen molar-refractivity contribution in [3.8, 4) is 0 Å². The number of nitro groups is 1. The molecule has 0 fully saturated rings. The fourth-order valence-electron chi connectivity index (χ4n) is 1.56. The van der Waals surface area contributed by atoms with Gasteiger partial charge in [0.2, 0.25) is 6.54 Å². The monoisotopic (exact) mass is 276 g/mol. The van der Waals surface area contributed by atoms with E-state index < -0.39 is 35.3 Å². The van der Waals surface area contributed by atoms with Gasteiger partial charge in [0.15, 0.2) is 0 Å². The highest BCUT2D eigenvalue weighted by Gasteiger charge is 2.28. The van der Waals surface area contributed by atoms with E-state index in [0.717, 1.165) is 0 Å². The minimum atomic E-state index is -1.23. The Morgan fingerprint density at radius 3 is 2.32 bits per heavy atom. The fourth-order valence-corrected chi connectivity index (χ4v) is 1.56. The van der Waals surface area contributed by atoms with E-state index in [1.54, 1.807) is 20.8 Å². The van der Waals surface area contributed by atoms with Crippen LogP contribution in [0.2, 0.25) is 0 Å². The lowest BCUT2D eigenvalue weighted by Crippen LogP contribution is -2.48. The van der Waals surface area contributed by atoms with Crippen molar-refractivity contribution in [3.63, 3.8) is 0 Å². The topological polar surface area (TPSA) is 102 Å². The van der Waals surface area contributed by atoms with Gasteiger partial charge in [-0.25, -0.2) is 4.79 Å². The van der Waals surface area contributed by atoms with Crippen molar-refractivity contribution in [2.75, 3.05) is 6.54 Å². The van der Waals surface area contributed by atoms with Gasteiger partial charge in [-0.1, -0.05) is 13.8 Å². The molecule has 0 aromatic carbocycles. The van der Waals surface area contributed by atoms with Gasteiger partial charge in [0, 0.05) is 4.92 Å². The SMILES string of the molecule is CC(C)C[C@H](NC(=O)OC(C)(C)C)C(O)C[N+](=O)[O-]. The Morgan fingerprint density at radius 1 is 1.42 bits per heavy atom. The zero-order chi connectivity index (χ0) is 15.2. The smallest absolute Gasteiger partial charge is 0.407 e. The standard InChI is InChI=1S/C12H24N2O5/c1-8(2)6-9(10(15)7-14(17)18)13-11(16)19-12(3,4)5/h8-10,15H,6-7H2,1-5H3,(H,13,16)/t9-,10?/m0/s1. The Hall–Kier alpha value is -1.37. The van der Waals surface area contributed by atoms with Crippen molar-refractivity contribution in [2.45, 2.75) is 58.8 Å². The van der Waals surface area contributed by atoms with Crippen LogP contribution in [0, 0.1) is 16.0 Å². The van der Waals surface area contributed by atoms with Gasteiger partial charge in [0.25, 0.3) is 0 Å². The number of hydrogen-bond acceptors (Lipinski definition) is 5. The van der Waals surface area contributed by atoms with Gasteiger partial charge in [-0.2, -0.15) is 0 Å². The molecule has 0 spiro atoms. The molecule has 0 aliphatic carbocycles. The molecule has 112 valence electrons. The first kappa shape index (κ1) is 17.6. The van der Waals surface area contributed by atoms with E-state index in [1.807, 2.05) is 13.8 Å². The van der Waals surface area contributed by atoms with E-state index in [1.165, 1.54) is 0 Å². The maximum absolute atomic E-state index is 11.6. The van der Waals surface area contributed by atoms with Crippen molar-refractivity contribution in [3.05, 3.63) is 10.1 Å². The molecule has 7 nitrogen and oxygen atoms in total. The molecule has 0 aromatic rings. The van der Waals surface area contributed by atoms with Crippen LogP contribution in [-0.4, -0.2) is 40.4 Å². The zero-order valence-corrected chi connectivity index (χ0v) is 12.2.